The predicted octanol–water partition coefficient (Wildman–Crippen LogP) is 3.67. The summed E-state index contributed by atoms with van der Waals surface area (Å²) < 4.78 is 16.8. The van der Waals surface area contributed by atoms with Crippen LogP contribution in [0.15, 0.2) is 10.5 Å². The van der Waals surface area contributed by atoms with E-state index in [0.29, 0.717) is 25.7 Å². The van der Waals surface area contributed by atoms with Crippen LogP contribution in [-0.4, -0.2) is 25.4 Å². The molecule has 0 bridgehead atoms. The number of aryl methyl sites for hydroxylation is 1. The Morgan fingerprint density at radius 3 is 2.48 bits per heavy atom. The van der Waals surface area contributed by atoms with E-state index >= 15 is 0 Å². The summed E-state index contributed by atoms with van der Waals surface area (Å²) in [7, 11) is 0. The highest BCUT2D eigenvalue weighted by atomic mass is 16.5. The lowest BCUT2D eigenvalue weighted by Gasteiger charge is -2.20. The van der Waals surface area contributed by atoms with Crippen molar-refractivity contribution in [3.05, 3.63) is 23.2 Å². The minimum atomic E-state index is 0.105. The maximum absolute atomic E-state index is 5.72. The highest BCUT2D eigenvalue weighted by Gasteiger charge is 2.12. The molecule has 0 fully saturated rings. The largest absolute Gasteiger partial charge is 0.464 e. The van der Waals surface area contributed by atoms with Gasteiger partial charge < -0.3 is 19.2 Å². The Labute approximate surface area is 129 Å². The van der Waals surface area contributed by atoms with E-state index in [1.807, 2.05) is 6.92 Å². The van der Waals surface area contributed by atoms with Crippen LogP contribution >= 0.6 is 0 Å². The van der Waals surface area contributed by atoms with Gasteiger partial charge in [0.15, 0.2) is 0 Å². The van der Waals surface area contributed by atoms with Crippen molar-refractivity contribution in [3.8, 4) is 0 Å². The summed E-state index contributed by atoms with van der Waals surface area (Å²) >= 11 is 0. The van der Waals surface area contributed by atoms with E-state index in [9.17, 15) is 0 Å². The molecule has 0 saturated carbocycles. The Morgan fingerprint density at radius 1 is 1.19 bits per heavy atom. The van der Waals surface area contributed by atoms with Crippen LogP contribution in [0.3, 0.4) is 0 Å². The minimum absolute atomic E-state index is 0.105. The lowest BCUT2D eigenvalue weighted by Crippen LogP contribution is -2.35. The van der Waals surface area contributed by atoms with Gasteiger partial charge >= 0.3 is 0 Å². The molecule has 0 atom stereocenters. The van der Waals surface area contributed by atoms with E-state index in [4.69, 9.17) is 13.9 Å². The average molecular weight is 297 g/mol. The van der Waals surface area contributed by atoms with Crippen LogP contribution in [0.25, 0.3) is 0 Å². The molecular weight excluding hydrogens is 266 g/mol. The van der Waals surface area contributed by atoms with E-state index in [-0.39, 0.29) is 5.54 Å². The van der Waals surface area contributed by atoms with Gasteiger partial charge in [0.25, 0.3) is 0 Å². The lowest BCUT2D eigenvalue weighted by atomic mass is 10.1. The van der Waals surface area contributed by atoms with Gasteiger partial charge in [0.05, 0.1) is 13.2 Å². The van der Waals surface area contributed by atoms with Crippen LogP contribution < -0.4 is 5.32 Å². The maximum atomic E-state index is 5.72. The number of hydrogen-bond donors (Lipinski definition) is 1. The quantitative estimate of drug-likeness (QED) is 0.706. The van der Waals surface area contributed by atoms with Crippen molar-refractivity contribution < 1.29 is 13.9 Å². The Bertz CT molecular complexity index is 405. The maximum Gasteiger partial charge on any atom is 0.130 e. The fourth-order valence-electron chi connectivity index (χ4n) is 1.80. The SMILES string of the molecule is Cc1oc(COCCOCC(C)C)cc1CNC(C)(C)C. The van der Waals surface area contributed by atoms with E-state index in [2.05, 4.69) is 46.0 Å². The molecule has 4 heteroatoms. The van der Waals surface area contributed by atoms with Gasteiger partial charge in [0.2, 0.25) is 0 Å². The fraction of sp³-hybridized carbons (Fsp3) is 0.765. The van der Waals surface area contributed by atoms with Crippen LogP contribution in [-0.2, 0) is 22.6 Å². The van der Waals surface area contributed by atoms with Gasteiger partial charge in [0.1, 0.15) is 18.1 Å². The second kappa shape index (κ2) is 8.57. The molecular formula is C17H31NO3. The first kappa shape index (κ1) is 18.2. The summed E-state index contributed by atoms with van der Waals surface area (Å²) in [5, 5.41) is 3.47. The third-order valence-corrected chi connectivity index (χ3v) is 2.95. The van der Waals surface area contributed by atoms with Gasteiger partial charge in [-0.25, -0.2) is 0 Å². The number of hydrogen-bond acceptors (Lipinski definition) is 4. The van der Waals surface area contributed by atoms with E-state index < -0.39 is 0 Å². The van der Waals surface area contributed by atoms with Gasteiger partial charge in [-0.05, 0) is 39.7 Å². The topological polar surface area (TPSA) is 43.6 Å². The summed E-state index contributed by atoms with van der Waals surface area (Å²) in [6, 6.07) is 2.07. The Balaban J connectivity index is 2.27. The van der Waals surface area contributed by atoms with Gasteiger partial charge in [-0.1, -0.05) is 13.8 Å². The molecule has 1 aromatic rings. The van der Waals surface area contributed by atoms with Crippen molar-refractivity contribution in [1.82, 2.24) is 5.32 Å². The Hall–Kier alpha value is -0.840. The molecule has 0 radical (unpaired) electrons. The van der Waals surface area contributed by atoms with Crippen LogP contribution in [0.2, 0.25) is 0 Å². The zero-order valence-corrected chi connectivity index (χ0v) is 14.4. The summed E-state index contributed by atoms with van der Waals surface area (Å²) in [5.41, 5.74) is 1.30. The molecule has 1 N–H and O–H groups in total. The molecule has 4 nitrogen and oxygen atoms in total. The molecule has 1 rings (SSSR count). The zero-order valence-electron chi connectivity index (χ0n) is 14.4. The van der Waals surface area contributed by atoms with Gasteiger partial charge in [-0.15, -0.1) is 0 Å². The molecule has 0 unspecified atom stereocenters. The van der Waals surface area contributed by atoms with Crippen LogP contribution in [0.1, 0.15) is 51.7 Å². The van der Waals surface area contributed by atoms with E-state index in [1.54, 1.807) is 0 Å². The first-order valence-corrected chi connectivity index (χ1v) is 7.76. The van der Waals surface area contributed by atoms with E-state index in [1.165, 1.54) is 5.56 Å². The zero-order chi connectivity index (χ0) is 15.9. The molecule has 0 aliphatic carbocycles. The molecule has 0 spiro atoms. The smallest absolute Gasteiger partial charge is 0.130 e. The lowest BCUT2D eigenvalue weighted by molar-refractivity contribution is 0.0262. The summed E-state index contributed by atoms with van der Waals surface area (Å²) in [6.45, 7) is 16.1. The molecule has 0 aliphatic rings. The van der Waals surface area contributed by atoms with Crippen LogP contribution in [0, 0.1) is 12.8 Å². The second-order valence-electron chi connectivity index (χ2n) is 6.92. The van der Waals surface area contributed by atoms with Crippen molar-refractivity contribution >= 4 is 0 Å². The van der Waals surface area contributed by atoms with E-state index in [0.717, 1.165) is 24.7 Å². The number of ether oxygens (including phenoxy) is 2. The molecule has 1 heterocycles. The third kappa shape index (κ3) is 8.24. The monoisotopic (exact) mass is 297 g/mol. The highest BCUT2D eigenvalue weighted by Crippen LogP contribution is 2.16. The normalized spacial score (nSPS) is 12.3. The Morgan fingerprint density at radius 2 is 1.86 bits per heavy atom. The van der Waals surface area contributed by atoms with Crippen molar-refractivity contribution in [2.24, 2.45) is 5.92 Å². The number of furan rings is 1. The first-order chi connectivity index (χ1) is 9.78. The average Bonchev–Trinajstić information content (AvgIpc) is 2.70. The summed E-state index contributed by atoms with van der Waals surface area (Å²) in [4.78, 5) is 0. The van der Waals surface area contributed by atoms with Crippen molar-refractivity contribution in [2.45, 2.75) is 60.2 Å². The molecule has 1 aromatic heterocycles. The molecule has 0 amide bonds. The second-order valence-corrected chi connectivity index (χ2v) is 6.92. The molecule has 21 heavy (non-hydrogen) atoms. The standard InChI is InChI=1S/C17H31NO3/c1-13(2)11-19-7-8-20-12-16-9-15(14(3)21-16)10-18-17(4,5)6/h9,13,18H,7-8,10-12H2,1-6H3. The minimum Gasteiger partial charge on any atom is -0.464 e. The van der Waals surface area contributed by atoms with Gasteiger partial charge in [0, 0.05) is 24.3 Å². The van der Waals surface area contributed by atoms with Crippen molar-refractivity contribution in [1.29, 1.82) is 0 Å². The molecule has 0 saturated heterocycles. The molecule has 122 valence electrons. The molecule has 0 aromatic carbocycles. The number of rotatable bonds is 9. The number of nitrogens with one attached hydrogen (secondary N) is 1. The summed E-state index contributed by atoms with van der Waals surface area (Å²) in [5.74, 6) is 2.40. The highest BCUT2D eigenvalue weighted by molar-refractivity contribution is 5.20. The summed E-state index contributed by atoms with van der Waals surface area (Å²) in [6.07, 6.45) is 0. The fourth-order valence-corrected chi connectivity index (χ4v) is 1.80. The van der Waals surface area contributed by atoms with Crippen LogP contribution in [0.5, 0.6) is 0 Å². The van der Waals surface area contributed by atoms with Crippen LogP contribution in [0.4, 0.5) is 0 Å². The van der Waals surface area contributed by atoms with Gasteiger partial charge in [-0.3, -0.25) is 0 Å². The molecule has 0 aliphatic heterocycles. The third-order valence-electron chi connectivity index (χ3n) is 2.95. The first-order valence-electron chi connectivity index (χ1n) is 7.76. The van der Waals surface area contributed by atoms with Crippen molar-refractivity contribution in [3.63, 3.8) is 0 Å². The Kier molecular flexibility index (Phi) is 7.43. The van der Waals surface area contributed by atoms with Gasteiger partial charge in [-0.2, -0.15) is 0 Å². The predicted molar refractivity (Wildman–Crippen MR) is 85.4 cm³/mol. The van der Waals surface area contributed by atoms with Crippen molar-refractivity contribution in [2.75, 3.05) is 19.8 Å².